The number of carbonyl (C=O) groups is 1. The van der Waals surface area contributed by atoms with Gasteiger partial charge in [0.1, 0.15) is 11.3 Å². The normalized spacial score (nSPS) is 11.3. The zero-order valence-electron chi connectivity index (χ0n) is 11.3. The average Bonchev–Trinajstić information content (AvgIpc) is 2.43. The van der Waals surface area contributed by atoms with Gasteiger partial charge >= 0.3 is 5.97 Å². The summed E-state index contributed by atoms with van der Waals surface area (Å²) in [6.45, 7) is 2.66. The lowest BCUT2D eigenvalue weighted by molar-refractivity contribution is 0.0597. The molecule has 2 N–H and O–H groups in total. The van der Waals surface area contributed by atoms with Crippen molar-refractivity contribution in [2.24, 2.45) is 0 Å². The summed E-state index contributed by atoms with van der Waals surface area (Å²) in [5.41, 5.74) is -0.208. The van der Waals surface area contributed by atoms with Gasteiger partial charge in [-0.05, 0) is 25.1 Å². The van der Waals surface area contributed by atoms with Gasteiger partial charge in [-0.1, -0.05) is 0 Å². The van der Waals surface area contributed by atoms with Crippen LogP contribution in [0.3, 0.4) is 0 Å². The zero-order valence-corrected chi connectivity index (χ0v) is 12.1. The number of hydrogen-bond acceptors (Lipinski definition) is 6. The molecule has 7 nitrogen and oxygen atoms in total. The minimum Gasteiger partial charge on any atom is -0.507 e. The van der Waals surface area contributed by atoms with Crippen molar-refractivity contribution in [2.45, 2.75) is 11.8 Å². The second-order valence-electron chi connectivity index (χ2n) is 3.77. The fourth-order valence-electron chi connectivity index (χ4n) is 1.43. The molecule has 0 radical (unpaired) electrons. The minimum absolute atomic E-state index is 0.116. The van der Waals surface area contributed by atoms with Crippen LogP contribution in [0.4, 0.5) is 0 Å². The number of rotatable bonds is 7. The number of methoxy groups -OCH3 is 1. The van der Waals surface area contributed by atoms with E-state index in [9.17, 15) is 18.3 Å². The highest BCUT2D eigenvalue weighted by Gasteiger charge is 2.19. The number of ether oxygens (including phenoxy) is 2. The van der Waals surface area contributed by atoms with E-state index in [0.717, 1.165) is 19.2 Å². The maximum absolute atomic E-state index is 12.0. The van der Waals surface area contributed by atoms with Gasteiger partial charge in [0.15, 0.2) is 0 Å². The van der Waals surface area contributed by atoms with Gasteiger partial charge in [0.2, 0.25) is 10.0 Å². The molecule has 0 aliphatic heterocycles. The molecule has 0 spiro atoms. The van der Waals surface area contributed by atoms with Crippen molar-refractivity contribution in [3.8, 4) is 5.75 Å². The maximum Gasteiger partial charge on any atom is 0.341 e. The summed E-state index contributed by atoms with van der Waals surface area (Å²) in [4.78, 5) is 11.3. The van der Waals surface area contributed by atoms with Crippen LogP contribution in [0.1, 0.15) is 17.3 Å². The Balaban J connectivity index is 2.93. The first-order valence-electron chi connectivity index (χ1n) is 5.91. The lowest BCUT2D eigenvalue weighted by Crippen LogP contribution is -2.27. The number of hydrogen-bond donors (Lipinski definition) is 2. The minimum atomic E-state index is -3.77. The molecular weight excluding hydrogens is 286 g/mol. The number of phenolic OH excluding ortho intramolecular Hbond substituents is 1. The molecule has 0 amide bonds. The van der Waals surface area contributed by atoms with E-state index in [1.54, 1.807) is 6.92 Å². The smallest absolute Gasteiger partial charge is 0.341 e. The fraction of sp³-hybridized carbons (Fsp3) is 0.417. The van der Waals surface area contributed by atoms with E-state index in [-0.39, 0.29) is 29.4 Å². The average molecular weight is 303 g/mol. The molecule has 20 heavy (non-hydrogen) atoms. The summed E-state index contributed by atoms with van der Waals surface area (Å²) < 4.78 is 35.8. The van der Waals surface area contributed by atoms with E-state index in [0.29, 0.717) is 6.61 Å². The summed E-state index contributed by atoms with van der Waals surface area (Å²) in [7, 11) is -2.63. The Bertz CT molecular complexity index is 569. The lowest BCUT2D eigenvalue weighted by Gasteiger charge is -2.09. The highest BCUT2D eigenvalue weighted by molar-refractivity contribution is 7.89. The van der Waals surface area contributed by atoms with Gasteiger partial charge in [0, 0.05) is 13.2 Å². The molecular formula is C12H17NO6S. The van der Waals surface area contributed by atoms with Gasteiger partial charge < -0.3 is 14.6 Å². The Morgan fingerprint density at radius 1 is 1.40 bits per heavy atom. The predicted molar refractivity (Wildman–Crippen MR) is 71.1 cm³/mol. The van der Waals surface area contributed by atoms with Crippen LogP contribution in [-0.4, -0.2) is 46.4 Å². The number of sulfonamides is 1. The first kappa shape index (κ1) is 16.4. The van der Waals surface area contributed by atoms with Gasteiger partial charge in [0.25, 0.3) is 0 Å². The first-order valence-corrected chi connectivity index (χ1v) is 7.39. The van der Waals surface area contributed by atoms with Crippen LogP contribution >= 0.6 is 0 Å². The SMILES string of the molecule is CCOCCNS(=O)(=O)c1ccc(O)c(C(=O)OC)c1. The van der Waals surface area contributed by atoms with Gasteiger partial charge in [0.05, 0.1) is 18.6 Å². The Morgan fingerprint density at radius 3 is 2.70 bits per heavy atom. The molecule has 112 valence electrons. The second-order valence-corrected chi connectivity index (χ2v) is 5.53. The van der Waals surface area contributed by atoms with E-state index < -0.39 is 16.0 Å². The number of phenols is 1. The third-order valence-corrected chi connectivity index (χ3v) is 3.88. The van der Waals surface area contributed by atoms with Crippen molar-refractivity contribution in [2.75, 3.05) is 26.9 Å². The molecule has 0 aliphatic rings. The topological polar surface area (TPSA) is 102 Å². The zero-order chi connectivity index (χ0) is 15.2. The summed E-state index contributed by atoms with van der Waals surface area (Å²) in [5.74, 6) is -1.15. The molecule has 0 saturated heterocycles. The summed E-state index contributed by atoms with van der Waals surface area (Å²) in [5, 5.41) is 9.51. The molecule has 1 rings (SSSR count). The van der Waals surface area contributed by atoms with Crippen LogP contribution < -0.4 is 4.72 Å². The van der Waals surface area contributed by atoms with Crippen LogP contribution in [0.25, 0.3) is 0 Å². The number of esters is 1. The Morgan fingerprint density at radius 2 is 2.10 bits per heavy atom. The van der Waals surface area contributed by atoms with Gasteiger partial charge in [-0.2, -0.15) is 0 Å². The summed E-state index contributed by atoms with van der Waals surface area (Å²) in [6, 6.07) is 3.39. The molecule has 0 aliphatic carbocycles. The van der Waals surface area contributed by atoms with Crippen LogP contribution in [0.15, 0.2) is 23.1 Å². The van der Waals surface area contributed by atoms with Crippen LogP contribution in [0, 0.1) is 0 Å². The predicted octanol–water partition coefficient (Wildman–Crippen LogP) is 0.494. The van der Waals surface area contributed by atoms with Crippen molar-refractivity contribution in [3.63, 3.8) is 0 Å². The van der Waals surface area contributed by atoms with E-state index in [4.69, 9.17) is 4.74 Å². The van der Waals surface area contributed by atoms with E-state index in [1.165, 1.54) is 6.07 Å². The number of benzene rings is 1. The van der Waals surface area contributed by atoms with Gasteiger partial charge in [-0.25, -0.2) is 17.9 Å². The van der Waals surface area contributed by atoms with E-state index >= 15 is 0 Å². The number of nitrogens with one attached hydrogen (secondary N) is 1. The Hall–Kier alpha value is -1.64. The van der Waals surface area contributed by atoms with Crippen molar-refractivity contribution in [1.82, 2.24) is 4.72 Å². The van der Waals surface area contributed by atoms with E-state index in [1.807, 2.05) is 0 Å². The molecule has 0 aromatic heterocycles. The largest absolute Gasteiger partial charge is 0.507 e. The van der Waals surface area contributed by atoms with Crippen molar-refractivity contribution < 1.29 is 27.8 Å². The summed E-state index contributed by atoms with van der Waals surface area (Å²) >= 11 is 0. The molecule has 8 heteroatoms. The molecule has 1 aromatic rings. The molecule has 0 bridgehead atoms. The third kappa shape index (κ3) is 4.19. The monoisotopic (exact) mass is 303 g/mol. The quantitative estimate of drug-likeness (QED) is 0.561. The van der Waals surface area contributed by atoms with Crippen molar-refractivity contribution in [1.29, 1.82) is 0 Å². The standard InChI is InChI=1S/C12H17NO6S/c1-3-19-7-6-13-20(16,17)9-4-5-11(14)10(8-9)12(15)18-2/h4-5,8,13-14H,3,6-7H2,1-2H3. The Labute approximate surface area is 117 Å². The maximum atomic E-state index is 12.0. The fourth-order valence-corrected chi connectivity index (χ4v) is 2.47. The van der Waals surface area contributed by atoms with Crippen molar-refractivity contribution in [3.05, 3.63) is 23.8 Å². The highest BCUT2D eigenvalue weighted by Crippen LogP contribution is 2.21. The molecule has 0 heterocycles. The third-order valence-electron chi connectivity index (χ3n) is 2.43. The molecule has 0 saturated carbocycles. The van der Waals surface area contributed by atoms with Crippen LogP contribution in [-0.2, 0) is 19.5 Å². The molecule has 0 atom stereocenters. The molecule has 1 aromatic carbocycles. The van der Waals surface area contributed by atoms with Gasteiger partial charge in [-0.15, -0.1) is 0 Å². The van der Waals surface area contributed by atoms with Crippen LogP contribution in [0.5, 0.6) is 5.75 Å². The number of aromatic hydroxyl groups is 1. The molecule has 0 unspecified atom stereocenters. The van der Waals surface area contributed by atoms with E-state index in [2.05, 4.69) is 9.46 Å². The Kier molecular flexibility index (Phi) is 5.93. The van der Waals surface area contributed by atoms with Gasteiger partial charge in [-0.3, -0.25) is 0 Å². The number of carbonyl (C=O) groups excluding carboxylic acids is 1. The summed E-state index contributed by atoms with van der Waals surface area (Å²) in [6.07, 6.45) is 0. The van der Waals surface area contributed by atoms with Crippen molar-refractivity contribution >= 4 is 16.0 Å². The second kappa shape index (κ2) is 7.22. The lowest BCUT2D eigenvalue weighted by atomic mass is 10.2. The molecule has 0 fully saturated rings. The highest BCUT2D eigenvalue weighted by atomic mass is 32.2. The first-order chi connectivity index (χ1) is 9.42. The van der Waals surface area contributed by atoms with Crippen LogP contribution in [0.2, 0.25) is 0 Å².